The van der Waals surface area contributed by atoms with Gasteiger partial charge in [-0.15, -0.1) is 0 Å². The van der Waals surface area contributed by atoms with Gasteiger partial charge >= 0.3 is 0 Å². The molecule has 0 atom stereocenters. The summed E-state index contributed by atoms with van der Waals surface area (Å²) >= 11 is 0. The molecule has 0 aliphatic heterocycles. The van der Waals surface area contributed by atoms with E-state index in [9.17, 15) is 9.18 Å². The van der Waals surface area contributed by atoms with Crippen LogP contribution in [0.2, 0.25) is 0 Å². The van der Waals surface area contributed by atoms with E-state index in [2.05, 4.69) is 15.3 Å². The first-order valence-corrected chi connectivity index (χ1v) is 5.01. The highest BCUT2D eigenvalue weighted by molar-refractivity contribution is 5.97. The second-order valence-corrected chi connectivity index (χ2v) is 3.88. The topological polar surface area (TPSA) is 57.8 Å². The Hall–Kier alpha value is -1.91. The number of aromatic amines is 1. The van der Waals surface area contributed by atoms with E-state index in [4.69, 9.17) is 0 Å². The van der Waals surface area contributed by atoms with E-state index in [1.165, 1.54) is 18.5 Å². The molecule has 2 N–H and O–H groups in total. The fourth-order valence-electron chi connectivity index (χ4n) is 1.47. The first kappa shape index (κ1) is 10.6. The number of carbonyl (C=O) groups excluding carboxylic acids is 1. The van der Waals surface area contributed by atoms with Crippen molar-refractivity contribution in [2.45, 2.75) is 19.9 Å². The average molecular weight is 221 g/mol. The molecule has 16 heavy (non-hydrogen) atoms. The molecule has 1 amide bonds. The van der Waals surface area contributed by atoms with Crippen LogP contribution in [0.4, 0.5) is 4.39 Å². The highest BCUT2D eigenvalue weighted by Gasteiger charge is 2.14. The van der Waals surface area contributed by atoms with Gasteiger partial charge in [-0.1, -0.05) is 0 Å². The molecule has 2 aromatic rings. The summed E-state index contributed by atoms with van der Waals surface area (Å²) in [6.45, 7) is 3.64. The van der Waals surface area contributed by atoms with Gasteiger partial charge in [-0.25, -0.2) is 9.37 Å². The Labute approximate surface area is 91.9 Å². The number of imidazole rings is 1. The van der Waals surface area contributed by atoms with E-state index in [0.717, 1.165) is 0 Å². The fraction of sp³-hybridized carbons (Fsp3) is 0.273. The van der Waals surface area contributed by atoms with E-state index in [1.54, 1.807) is 0 Å². The van der Waals surface area contributed by atoms with Crippen LogP contribution in [-0.4, -0.2) is 21.9 Å². The summed E-state index contributed by atoms with van der Waals surface area (Å²) in [5.41, 5.74) is 1.18. The van der Waals surface area contributed by atoms with E-state index >= 15 is 0 Å². The summed E-state index contributed by atoms with van der Waals surface area (Å²) in [5.74, 6) is -0.965. The van der Waals surface area contributed by atoms with Crippen LogP contribution in [0.25, 0.3) is 11.0 Å². The Morgan fingerprint density at radius 2 is 2.25 bits per heavy atom. The van der Waals surface area contributed by atoms with E-state index in [-0.39, 0.29) is 11.6 Å². The minimum atomic E-state index is -0.546. The van der Waals surface area contributed by atoms with Crippen LogP contribution in [-0.2, 0) is 0 Å². The summed E-state index contributed by atoms with van der Waals surface area (Å²) < 4.78 is 13.6. The van der Waals surface area contributed by atoms with Crippen LogP contribution < -0.4 is 5.32 Å². The normalized spacial score (nSPS) is 11.0. The van der Waals surface area contributed by atoms with Crippen molar-refractivity contribution < 1.29 is 9.18 Å². The van der Waals surface area contributed by atoms with Gasteiger partial charge in [0.25, 0.3) is 5.91 Å². The highest BCUT2D eigenvalue weighted by atomic mass is 19.1. The molecule has 4 nitrogen and oxygen atoms in total. The summed E-state index contributed by atoms with van der Waals surface area (Å²) in [7, 11) is 0. The van der Waals surface area contributed by atoms with Gasteiger partial charge in [-0.05, 0) is 19.9 Å². The molecule has 0 radical (unpaired) electrons. The van der Waals surface area contributed by atoms with Crippen molar-refractivity contribution in [2.24, 2.45) is 0 Å². The number of rotatable bonds is 2. The molecule has 0 bridgehead atoms. The molecule has 84 valence electrons. The zero-order valence-electron chi connectivity index (χ0n) is 9.04. The summed E-state index contributed by atoms with van der Waals surface area (Å²) in [6.07, 6.45) is 1.47. The minimum Gasteiger partial charge on any atom is -0.350 e. The maximum absolute atomic E-state index is 13.6. The smallest absolute Gasteiger partial charge is 0.254 e. The fourth-order valence-corrected chi connectivity index (χ4v) is 1.47. The van der Waals surface area contributed by atoms with Gasteiger partial charge in [0.05, 0.1) is 22.9 Å². The van der Waals surface area contributed by atoms with Gasteiger partial charge in [-0.3, -0.25) is 4.79 Å². The van der Waals surface area contributed by atoms with Crippen molar-refractivity contribution in [3.8, 4) is 0 Å². The van der Waals surface area contributed by atoms with E-state index < -0.39 is 11.7 Å². The van der Waals surface area contributed by atoms with Crippen LogP contribution >= 0.6 is 0 Å². The molecule has 0 unspecified atom stereocenters. The second kappa shape index (κ2) is 3.92. The van der Waals surface area contributed by atoms with Gasteiger partial charge in [-0.2, -0.15) is 0 Å². The number of amides is 1. The van der Waals surface area contributed by atoms with Crippen molar-refractivity contribution >= 4 is 16.9 Å². The second-order valence-electron chi connectivity index (χ2n) is 3.88. The summed E-state index contributed by atoms with van der Waals surface area (Å²) in [6, 6.07) is 2.69. The van der Waals surface area contributed by atoms with Crippen LogP contribution in [0.1, 0.15) is 24.2 Å². The number of carbonyl (C=O) groups is 1. The lowest BCUT2D eigenvalue weighted by atomic mass is 10.1. The van der Waals surface area contributed by atoms with Gasteiger partial charge in [0, 0.05) is 12.1 Å². The largest absolute Gasteiger partial charge is 0.350 e. The third-order valence-electron chi connectivity index (χ3n) is 2.17. The SMILES string of the molecule is CC(C)NC(=O)c1cc2nc[nH]c2cc1F. The standard InChI is InChI=1S/C11H12FN3O/c1-6(2)15-11(16)7-3-9-10(4-8(7)12)14-5-13-9/h3-6H,1-2H3,(H,13,14)(H,15,16). The third kappa shape index (κ3) is 1.88. The lowest BCUT2D eigenvalue weighted by molar-refractivity contribution is 0.0939. The first-order valence-electron chi connectivity index (χ1n) is 5.01. The lowest BCUT2D eigenvalue weighted by Gasteiger charge is -2.08. The van der Waals surface area contributed by atoms with Crippen LogP contribution in [0.15, 0.2) is 18.5 Å². The van der Waals surface area contributed by atoms with Gasteiger partial charge in [0.2, 0.25) is 0 Å². The van der Waals surface area contributed by atoms with Crippen molar-refractivity contribution in [3.63, 3.8) is 0 Å². The number of H-pyrrole nitrogens is 1. The van der Waals surface area contributed by atoms with Gasteiger partial charge in [0.1, 0.15) is 5.82 Å². The Kier molecular flexibility index (Phi) is 2.60. The zero-order valence-corrected chi connectivity index (χ0v) is 9.04. The minimum absolute atomic E-state index is 0.0216. The van der Waals surface area contributed by atoms with Crippen molar-refractivity contribution in [2.75, 3.05) is 0 Å². The Balaban J connectivity index is 2.43. The first-order chi connectivity index (χ1) is 7.58. The molecule has 1 aromatic carbocycles. The molecule has 0 aliphatic carbocycles. The number of aromatic nitrogens is 2. The molecular formula is C11H12FN3O. The van der Waals surface area contributed by atoms with E-state index in [0.29, 0.717) is 11.0 Å². The number of nitrogens with zero attached hydrogens (tertiary/aromatic N) is 1. The molecule has 1 aromatic heterocycles. The monoisotopic (exact) mass is 221 g/mol. The Morgan fingerprint density at radius 3 is 2.94 bits per heavy atom. The third-order valence-corrected chi connectivity index (χ3v) is 2.17. The average Bonchev–Trinajstić information content (AvgIpc) is 2.61. The molecule has 0 saturated heterocycles. The van der Waals surface area contributed by atoms with Crippen LogP contribution in [0.3, 0.4) is 0 Å². The predicted octanol–water partition coefficient (Wildman–Crippen LogP) is 1.84. The Morgan fingerprint density at radius 1 is 1.50 bits per heavy atom. The van der Waals surface area contributed by atoms with Crippen LogP contribution in [0.5, 0.6) is 0 Å². The van der Waals surface area contributed by atoms with Crippen molar-refractivity contribution in [3.05, 3.63) is 29.8 Å². The number of hydrogen-bond donors (Lipinski definition) is 2. The van der Waals surface area contributed by atoms with Crippen molar-refractivity contribution in [1.29, 1.82) is 0 Å². The number of halogens is 1. The quantitative estimate of drug-likeness (QED) is 0.812. The number of hydrogen-bond acceptors (Lipinski definition) is 2. The molecule has 1 heterocycles. The van der Waals surface area contributed by atoms with Crippen LogP contribution in [0, 0.1) is 5.82 Å². The predicted molar refractivity (Wildman–Crippen MR) is 58.7 cm³/mol. The summed E-state index contributed by atoms with van der Waals surface area (Å²) in [5, 5.41) is 2.64. The molecule has 0 spiro atoms. The maximum Gasteiger partial charge on any atom is 0.254 e. The summed E-state index contributed by atoms with van der Waals surface area (Å²) in [4.78, 5) is 18.4. The lowest BCUT2D eigenvalue weighted by Crippen LogP contribution is -2.30. The van der Waals surface area contributed by atoms with Gasteiger partial charge in [0.15, 0.2) is 0 Å². The maximum atomic E-state index is 13.6. The molecule has 0 fully saturated rings. The van der Waals surface area contributed by atoms with E-state index in [1.807, 2.05) is 13.8 Å². The molecule has 0 saturated carbocycles. The highest BCUT2D eigenvalue weighted by Crippen LogP contribution is 2.16. The molecule has 5 heteroatoms. The van der Waals surface area contributed by atoms with Crippen molar-refractivity contribution in [1.82, 2.24) is 15.3 Å². The molecule has 2 rings (SSSR count). The molecule has 0 aliphatic rings. The number of fused-ring (bicyclic) bond motifs is 1. The Bertz CT molecular complexity index is 533. The molecular weight excluding hydrogens is 209 g/mol. The zero-order chi connectivity index (χ0) is 11.7. The van der Waals surface area contributed by atoms with Gasteiger partial charge < -0.3 is 10.3 Å². The number of nitrogens with one attached hydrogen (secondary N) is 2. The number of benzene rings is 1.